The number of alkyl halides is 3. The number of amides is 2. The van der Waals surface area contributed by atoms with E-state index in [4.69, 9.17) is 18.9 Å². The standard InChI is InChI=1S/C32H51F3N2O8/c1-9-12-14-24(11-3)29(40)36-18-13-15-23(10-2)25(17-16-19(4)5)45-30-28(44-22(8)39)26(37-31(41)32(33,34)35)27(20(6)42-30)43-21(7)38/h9,20,23-28,30H,1,4,10-18H2,2-3,5-8H3,(H,36,40)(H,37,41)/t20-,23+,24+,25+,26+,27+,28+,30-/m0/s1. The summed E-state index contributed by atoms with van der Waals surface area (Å²) in [5.41, 5.74) is 0.885. The third-order valence-corrected chi connectivity index (χ3v) is 7.80. The van der Waals surface area contributed by atoms with Crippen LogP contribution in [0.2, 0.25) is 0 Å². The maximum absolute atomic E-state index is 13.3. The lowest BCUT2D eigenvalue weighted by atomic mass is 9.89. The molecule has 1 aliphatic rings. The maximum atomic E-state index is 13.3. The van der Waals surface area contributed by atoms with Gasteiger partial charge in [0, 0.05) is 26.3 Å². The van der Waals surface area contributed by atoms with Crippen molar-refractivity contribution in [1.82, 2.24) is 10.6 Å². The fraction of sp³-hybridized carbons (Fsp3) is 0.750. The highest BCUT2D eigenvalue weighted by atomic mass is 19.4. The summed E-state index contributed by atoms with van der Waals surface area (Å²) in [4.78, 5) is 48.6. The molecule has 0 aromatic carbocycles. The van der Waals surface area contributed by atoms with Gasteiger partial charge >= 0.3 is 24.0 Å². The Morgan fingerprint density at radius 3 is 2.11 bits per heavy atom. The third kappa shape index (κ3) is 13.9. The Morgan fingerprint density at radius 1 is 0.978 bits per heavy atom. The van der Waals surface area contributed by atoms with E-state index in [0.717, 1.165) is 38.7 Å². The lowest BCUT2D eigenvalue weighted by Gasteiger charge is -2.45. The van der Waals surface area contributed by atoms with Crippen molar-refractivity contribution >= 4 is 23.8 Å². The lowest BCUT2D eigenvalue weighted by molar-refractivity contribution is -0.294. The van der Waals surface area contributed by atoms with Crippen LogP contribution in [-0.4, -0.2) is 73.2 Å². The van der Waals surface area contributed by atoms with E-state index in [-0.39, 0.29) is 17.7 Å². The van der Waals surface area contributed by atoms with Crippen LogP contribution in [0.5, 0.6) is 0 Å². The fourth-order valence-corrected chi connectivity index (χ4v) is 5.39. The number of hydrogen-bond donors (Lipinski definition) is 2. The molecule has 0 unspecified atom stereocenters. The molecule has 2 N–H and O–H groups in total. The molecule has 0 radical (unpaired) electrons. The highest BCUT2D eigenvalue weighted by molar-refractivity contribution is 5.82. The van der Waals surface area contributed by atoms with Crippen LogP contribution in [0.4, 0.5) is 13.2 Å². The van der Waals surface area contributed by atoms with Crippen LogP contribution in [-0.2, 0) is 38.1 Å². The molecule has 0 aromatic heterocycles. The van der Waals surface area contributed by atoms with Crippen molar-refractivity contribution in [2.75, 3.05) is 6.54 Å². The first kappa shape index (κ1) is 40.1. The van der Waals surface area contributed by atoms with Gasteiger partial charge in [-0.1, -0.05) is 31.9 Å². The molecule has 8 atom stereocenters. The Kier molecular flexibility index (Phi) is 17.4. The lowest BCUT2D eigenvalue weighted by Crippen LogP contribution is -2.67. The second kappa shape index (κ2) is 19.6. The molecule has 0 saturated carbocycles. The Labute approximate surface area is 264 Å². The van der Waals surface area contributed by atoms with Gasteiger partial charge in [0.15, 0.2) is 18.5 Å². The van der Waals surface area contributed by atoms with Crippen LogP contribution >= 0.6 is 0 Å². The largest absolute Gasteiger partial charge is 0.471 e. The molecule has 0 bridgehead atoms. The SMILES string of the molecule is C=CCC[C@@H](CC)C(=O)NCCC[C@@H](CC)[C@@H](CCC(=C)C)O[C@@H]1O[C@@H](C)[C@@H](OC(C)=O)[C@@H](NC(=O)C(F)(F)F)[C@H]1OC(C)=O. The molecular weight excluding hydrogens is 597 g/mol. The predicted octanol–water partition coefficient (Wildman–Crippen LogP) is 5.30. The Bertz CT molecular complexity index is 1010. The summed E-state index contributed by atoms with van der Waals surface area (Å²) in [5, 5.41) is 4.84. The second-order valence-corrected chi connectivity index (χ2v) is 11.6. The number of halogens is 3. The van der Waals surface area contributed by atoms with E-state index in [1.165, 1.54) is 6.92 Å². The van der Waals surface area contributed by atoms with Gasteiger partial charge in [0.05, 0.1) is 12.2 Å². The Balaban J connectivity index is 3.24. The van der Waals surface area contributed by atoms with Crippen molar-refractivity contribution in [3.05, 3.63) is 24.8 Å². The summed E-state index contributed by atoms with van der Waals surface area (Å²) in [5.74, 6) is -4.16. The van der Waals surface area contributed by atoms with E-state index in [9.17, 15) is 32.3 Å². The van der Waals surface area contributed by atoms with Crippen molar-refractivity contribution < 1.29 is 51.3 Å². The van der Waals surface area contributed by atoms with Gasteiger partial charge in [0.1, 0.15) is 6.04 Å². The normalized spacial score (nSPS) is 23.6. The summed E-state index contributed by atoms with van der Waals surface area (Å²) >= 11 is 0. The van der Waals surface area contributed by atoms with Crippen molar-refractivity contribution in [3.8, 4) is 0 Å². The van der Waals surface area contributed by atoms with Crippen LogP contribution in [0.1, 0.15) is 92.9 Å². The molecular formula is C32H51F3N2O8. The van der Waals surface area contributed by atoms with Gasteiger partial charge in [-0.2, -0.15) is 13.2 Å². The van der Waals surface area contributed by atoms with Crippen molar-refractivity contribution in [1.29, 1.82) is 0 Å². The summed E-state index contributed by atoms with van der Waals surface area (Å²) < 4.78 is 62.9. The van der Waals surface area contributed by atoms with Gasteiger partial charge < -0.3 is 29.6 Å². The maximum Gasteiger partial charge on any atom is 0.471 e. The highest BCUT2D eigenvalue weighted by Crippen LogP contribution is 2.32. The number of hydrogen-bond acceptors (Lipinski definition) is 8. The molecule has 45 heavy (non-hydrogen) atoms. The molecule has 258 valence electrons. The molecule has 2 amide bonds. The molecule has 13 heteroatoms. The first-order valence-electron chi connectivity index (χ1n) is 15.6. The van der Waals surface area contributed by atoms with Gasteiger partial charge in [0.2, 0.25) is 5.91 Å². The average Bonchev–Trinajstić information content (AvgIpc) is 2.94. The van der Waals surface area contributed by atoms with Gasteiger partial charge in [-0.3, -0.25) is 19.2 Å². The first-order valence-corrected chi connectivity index (χ1v) is 15.6. The molecule has 1 heterocycles. The predicted molar refractivity (Wildman–Crippen MR) is 162 cm³/mol. The molecule has 0 aromatic rings. The van der Waals surface area contributed by atoms with E-state index in [0.29, 0.717) is 38.6 Å². The molecule has 1 rings (SSSR count). The summed E-state index contributed by atoms with van der Waals surface area (Å²) in [6.07, 6.45) is -4.18. The van der Waals surface area contributed by atoms with Crippen molar-refractivity contribution in [2.24, 2.45) is 11.8 Å². The van der Waals surface area contributed by atoms with E-state index in [1.807, 2.05) is 26.1 Å². The van der Waals surface area contributed by atoms with E-state index < -0.39 is 60.8 Å². The van der Waals surface area contributed by atoms with Crippen LogP contribution in [0.25, 0.3) is 0 Å². The Hall–Kier alpha value is -2.93. The number of carbonyl (C=O) groups is 4. The summed E-state index contributed by atoms with van der Waals surface area (Å²) in [6, 6.07) is -1.62. The number of allylic oxidation sites excluding steroid dienone is 2. The van der Waals surface area contributed by atoms with Gasteiger partial charge in [-0.05, 0) is 64.7 Å². The van der Waals surface area contributed by atoms with E-state index in [2.05, 4.69) is 18.5 Å². The minimum absolute atomic E-state index is 0.00873. The molecule has 0 spiro atoms. The van der Waals surface area contributed by atoms with Crippen LogP contribution in [0, 0.1) is 11.8 Å². The van der Waals surface area contributed by atoms with Gasteiger partial charge in [-0.15, -0.1) is 13.2 Å². The molecule has 1 fully saturated rings. The number of ether oxygens (including phenoxy) is 4. The monoisotopic (exact) mass is 648 g/mol. The van der Waals surface area contributed by atoms with E-state index in [1.54, 1.807) is 6.08 Å². The zero-order chi connectivity index (χ0) is 34.3. The molecule has 1 aliphatic heterocycles. The highest BCUT2D eigenvalue weighted by Gasteiger charge is 2.52. The first-order chi connectivity index (χ1) is 21.0. The van der Waals surface area contributed by atoms with E-state index >= 15 is 0 Å². The van der Waals surface area contributed by atoms with Gasteiger partial charge in [-0.25, -0.2) is 0 Å². The molecule has 1 saturated heterocycles. The minimum atomic E-state index is -5.25. The van der Waals surface area contributed by atoms with Gasteiger partial charge in [0.25, 0.3) is 0 Å². The summed E-state index contributed by atoms with van der Waals surface area (Å²) in [6.45, 7) is 17.5. The second-order valence-electron chi connectivity index (χ2n) is 11.6. The fourth-order valence-electron chi connectivity index (χ4n) is 5.39. The average molecular weight is 649 g/mol. The molecule has 10 nitrogen and oxygen atoms in total. The zero-order valence-corrected chi connectivity index (χ0v) is 27.4. The van der Waals surface area contributed by atoms with Crippen LogP contribution in [0.3, 0.4) is 0 Å². The quantitative estimate of drug-likeness (QED) is 0.110. The topological polar surface area (TPSA) is 129 Å². The minimum Gasteiger partial charge on any atom is -0.457 e. The Morgan fingerprint density at radius 2 is 1.60 bits per heavy atom. The zero-order valence-electron chi connectivity index (χ0n) is 27.4. The number of nitrogens with one attached hydrogen (secondary N) is 2. The summed E-state index contributed by atoms with van der Waals surface area (Å²) in [7, 11) is 0. The van der Waals surface area contributed by atoms with Crippen molar-refractivity contribution in [3.63, 3.8) is 0 Å². The van der Waals surface area contributed by atoms with Crippen LogP contribution < -0.4 is 10.6 Å². The number of carbonyl (C=O) groups excluding carboxylic acids is 4. The number of rotatable bonds is 19. The van der Waals surface area contributed by atoms with Crippen LogP contribution in [0.15, 0.2) is 24.8 Å². The van der Waals surface area contributed by atoms with Crippen molar-refractivity contribution in [2.45, 2.75) is 136 Å². The number of esters is 2. The smallest absolute Gasteiger partial charge is 0.457 e. The molecule has 0 aliphatic carbocycles. The third-order valence-electron chi connectivity index (χ3n) is 7.80.